The number of hydrogen-bond acceptors (Lipinski definition) is 1. The van der Waals surface area contributed by atoms with E-state index in [0.717, 1.165) is 26.2 Å². The zero-order valence-corrected chi connectivity index (χ0v) is 10.5. The molecule has 0 aromatic carbocycles. The van der Waals surface area contributed by atoms with Gasteiger partial charge in [0.1, 0.15) is 0 Å². The molecule has 3 atom stereocenters. The van der Waals surface area contributed by atoms with Crippen LogP contribution in [-0.2, 0) is 4.79 Å². The minimum absolute atomic E-state index is 0.00213. The lowest BCUT2D eigenvalue weighted by Crippen LogP contribution is -2.44. The molecule has 1 N–H and O–H groups in total. The number of rotatable bonds is 3. The van der Waals surface area contributed by atoms with Crippen LogP contribution in [-0.4, -0.2) is 22.7 Å². The van der Waals surface area contributed by atoms with Crippen molar-refractivity contribution in [2.75, 3.05) is 0 Å². The maximum Gasteiger partial charge on any atom is 0.256 e. The first-order valence-electron chi connectivity index (χ1n) is 5.14. The zero-order chi connectivity index (χ0) is 11.6. The normalized spacial score (nSPS) is 28.9. The average Bonchev–Trinajstić information content (AvgIpc) is 2.49. The molecule has 0 aromatic heterocycles. The Bertz CT molecular complexity index is 242. The van der Waals surface area contributed by atoms with Crippen molar-refractivity contribution < 1.29 is 13.6 Å². The number of alkyl halides is 3. The second-order valence-corrected chi connectivity index (χ2v) is 5.42. The van der Waals surface area contributed by atoms with Crippen molar-refractivity contribution in [3.05, 3.63) is 0 Å². The quantitative estimate of drug-likeness (QED) is 0.793. The van der Waals surface area contributed by atoms with E-state index in [9.17, 15) is 13.6 Å². The minimum Gasteiger partial charge on any atom is -0.352 e. The molecule has 1 aliphatic carbocycles. The smallest absolute Gasteiger partial charge is 0.256 e. The van der Waals surface area contributed by atoms with Crippen LogP contribution in [0, 0.1) is 5.92 Å². The molecule has 0 heterocycles. The fraction of sp³-hybridized carbons (Fsp3) is 0.900. The number of hydrogen-bond donors (Lipinski definition) is 1. The summed E-state index contributed by atoms with van der Waals surface area (Å²) >= 11 is 3.43. The number of nitrogens with one attached hydrogen (secondary N) is 1. The van der Waals surface area contributed by atoms with E-state index in [1.54, 1.807) is 0 Å². The first kappa shape index (κ1) is 12.9. The van der Waals surface area contributed by atoms with Gasteiger partial charge in [-0.1, -0.05) is 22.4 Å². The summed E-state index contributed by atoms with van der Waals surface area (Å²) in [5.74, 6) is -4.78. The summed E-state index contributed by atoms with van der Waals surface area (Å²) in [6.45, 7) is 2.03. The van der Waals surface area contributed by atoms with Gasteiger partial charge in [-0.2, -0.15) is 0 Å². The highest BCUT2D eigenvalue weighted by Gasteiger charge is 2.37. The van der Waals surface area contributed by atoms with Crippen LogP contribution in [0.1, 0.15) is 33.1 Å². The van der Waals surface area contributed by atoms with Crippen molar-refractivity contribution in [2.45, 2.75) is 49.9 Å². The van der Waals surface area contributed by atoms with Crippen LogP contribution in [0.15, 0.2) is 0 Å². The SMILES string of the molecule is CC(C(=O)NC1CCCC1Br)C(C)(F)F. The van der Waals surface area contributed by atoms with Crippen molar-refractivity contribution in [1.29, 1.82) is 0 Å². The first-order valence-corrected chi connectivity index (χ1v) is 6.06. The molecule has 1 aliphatic rings. The number of carbonyl (C=O) groups excluding carboxylic acids is 1. The summed E-state index contributed by atoms with van der Waals surface area (Å²) < 4.78 is 25.7. The highest BCUT2D eigenvalue weighted by Crippen LogP contribution is 2.28. The Labute approximate surface area is 96.9 Å². The molecular formula is C10H16BrF2NO. The number of halogens is 3. The first-order chi connectivity index (χ1) is 6.82. The van der Waals surface area contributed by atoms with E-state index in [1.165, 1.54) is 6.92 Å². The largest absolute Gasteiger partial charge is 0.352 e. The Kier molecular flexibility index (Phi) is 4.09. The van der Waals surface area contributed by atoms with E-state index in [2.05, 4.69) is 21.2 Å². The molecule has 0 bridgehead atoms. The van der Waals surface area contributed by atoms with Crippen LogP contribution in [0.4, 0.5) is 8.78 Å². The molecule has 0 radical (unpaired) electrons. The fourth-order valence-electron chi connectivity index (χ4n) is 1.62. The molecule has 1 amide bonds. The minimum atomic E-state index is -2.95. The van der Waals surface area contributed by atoms with E-state index in [0.29, 0.717) is 0 Å². The van der Waals surface area contributed by atoms with Crippen molar-refractivity contribution in [2.24, 2.45) is 5.92 Å². The van der Waals surface area contributed by atoms with Gasteiger partial charge >= 0.3 is 0 Å². The second-order valence-electron chi connectivity index (χ2n) is 4.24. The molecule has 15 heavy (non-hydrogen) atoms. The van der Waals surface area contributed by atoms with Crippen molar-refractivity contribution in [1.82, 2.24) is 5.32 Å². The maximum absolute atomic E-state index is 12.9. The van der Waals surface area contributed by atoms with E-state index < -0.39 is 17.7 Å². The van der Waals surface area contributed by atoms with Crippen molar-refractivity contribution in [3.63, 3.8) is 0 Å². The van der Waals surface area contributed by atoms with Crippen molar-refractivity contribution >= 4 is 21.8 Å². The Morgan fingerprint density at radius 2 is 2.13 bits per heavy atom. The zero-order valence-electron chi connectivity index (χ0n) is 8.90. The predicted molar refractivity (Wildman–Crippen MR) is 58.3 cm³/mol. The van der Waals surface area contributed by atoms with Gasteiger partial charge in [0.25, 0.3) is 5.92 Å². The van der Waals surface area contributed by atoms with Gasteiger partial charge in [0.05, 0.1) is 5.92 Å². The molecule has 3 unspecified atom stereocenters. The summed E-state index contributed by atoms with van der Waals surface area (Å²) in [4.78, 5) is 11.7. The van der Waals surface area contributed by atoms with Crippen LogP contribution < -0.4 is 5.32 Å². The lowest BCUT2D eigenvalue weighted by atomic mass is 10.0. The molecule has 0 aromatic rings. The average molecular weight is 284 g/mol. The topological polar surface area (TPSA) is 29.1 Å². The molecule has 1 fully saturated rings. The molecule has 1 saturated carbocycles. The predicted octanol–water partition coefficient (Wildman–Crippen LogP) is 2.71. The summed E-state index contributed by atoms with van der Waals surface area (Å²) in [7, 11) is 0. The summed E-state index contributed by atoms with van der Waals surface area (Å²) in [5.41, 5.74) is 0. The van der Waals surface area contributed by atoms with Crippen molar-refractivity contribution in [3.8, 4) is 0 Å². The van der Waals surface area contributed by atoms with E-state index in [4.69, 9.17) is 0 Å². The van der Waals surface area contributed by atoms with Gasteiger partial charge in [-0.25, -0.2) is 8.78 Å². The van der Waals surface area contributed by atoms with Crippen LogP contribution in [0.2, 0.25) is 0 Å². The van der Waals surface area contributed by atoms with Gasteiger partial charge in [0, 0.05) is 17.8 Å². The number of amides is 1. The molecular weight excluding hydrogens is 268 g/mol. The van der Waals surface area contributed by atoms with Gasteiger partial charge in [0.2, 0.25) is 5.91 Å². The number of carbonyl (C=O) groups is 1. The van der Waals surface area contributed by atoms with Gasteiger partial charge in [0.15, 0.2) is 0 Å². The van der Waals surface area contributed by atoms with Crippen LogP contribution in [0.3, 0.4) is 0 Å². The Morgan fingerprint density at radius 1 is 1.53 bits per heavy atom. The third-order valence-electron chi connectivity index (χ3n) is 2.91. The lowest BCUT2D eigenvalue weighted by molar-refractivity contribution is -0.136. The molecule has 5 heteroatoms. The highest BCUT2D eigenvalue weighted by molar-refractivity contribution is 9.09. The molecule has 0 spiro atoms. The summed E-state index contributed by atoms with van der Waals surface area (Å²) in [5, 5.41) is 2.67. The summed E-state index contributed by atoms with van der Waals surface area (Å²) in [6, 6.07) is 0.00213. The maximum atomic E-state index is 12.9. The van der Waals surface area contributed by atoms with Gasteiger partial charge in [-0.3, -0.25) is 4.79 Å². The van der Waals surface area contributed by atoms with Gasteiger partial charge in [-0.15, -0.1) is 0 Å². The third kappa shape index (κ3) is 3.40. The second kappa shape index (κ2) is 4.76. The molecule has 0 saturated heterocycles. The van der Waals surface area contributed by atoms with Gasteiger partial charge < -0.3 is 5.32 Å². The standard InChI is InChI=1S/C10H16BrF2NO/c1-6(10(2,12)13)9(15)14-8-5-3-4-7(8)11/h6-8H,3-5H2,1-2H3,(H,14,15). The van der Waals surface area contributed by atoms with Crippen LogP contribution in [0.25, 0.3) is 0 Å². The van der Waals surface area contributed by atoms with Gasteiger partial charge in [-0.05, 0) is 19.8 Å². The lowest BCUT2D eigenvalue weighted by Gasteiger charge is -2.22. The van der Waals surface area contributed by atoms with E-state index >= 15 is 0 Å². The summed E-state index contributed by atoms with van der Waals surface area (Å²) in [6.07, 6.45) is 2.88. The van der Waals surface area contributed by atoms with E-state index in [-0.39, 0.29) is 10.9 Å². The molecule has 88 valence electrons. The fourth-order valence-corrected chi connectivity index (χ4v) is 2.34. The van der Waals surface area contributed by atoms with Crippen LogP contribution >= 0.6 is 15.9 Å². The Balaban J connectivity index is 2.48. The van der Waals surface area contributed by atoms with E-state index in [1.807, 2.05) is 0 Å². The monoisotopic (exact) mass is 283 g/mol. The van der Waals surface area contributed by atoms with Crippen LogP contribution in [0.5, 0.6) is 0 Å². The highest BCUT2D eigenvalue weighted by atomic mass is 79.9. The molecule has 1 rings (SSSR count). The Hall–Kier alpha value is -0.190. The molecule has 2 nitrogen and oxygen atoms in total. The third-order valence-corrected chi connectivity index (χ3v) is 4.01. The molecule has 0 aliphatic heterocycles. The Morgan fingerprint density at radius 3 is 2.53 bits per heavy atom.